The summed E-state index contributed by atoms with van der Waals surface area (Å²) in [4.78, 5) is 11.7. The summed E-state index contributed by atoms with van der Waals surface area (Å²) in [5, 5.41) is 12.0. The summed E-state index contributed by atoms with van der Waals surface area (Å²) in [6.45, 7) is 5.54. The highest BCUT2D eigenvalue weighted by molar-refractivity contribution is 7.16. The van der Waals surface area contributed by atoms with Gasteiger partial charge in [-0.05, 0) is 25.3 Å². The third-order valence-corrected chi connectivity index (χ3v) is 3.46. The van der Waals surface area contributed by atoms with E-state index in [1.807, 2.05) is 18.4 Å². The first-order chi connectivity index (χ1) is 8.26. The van der Waals surface area contributed by atoms with Gasteiger partial charge in [-0.1, -0.05) is 0 Å². The number of aromatic nitrogens is 2. The van der Waals surface area contributed by atoms with Crippen molar-refractivity contribution in [3.63, 3.8) is 0 Å². The SMILES string of the molecule is CCN(CC(C)C#N)c1ncnc2sccc12. The minimum Gasteiger partial charge on any atom is -0.355 e. The summed E-state index contributed by atoms with van der Waals surface area (Å²) in [6.07, 6.45) is 1.59. The van der Waals surface area contributed by atoms with Crippen molar-refractivity contribution in [2.45, 2.75) is 13.8 Å². The van der Waals surface area contributed by atoms with Crippen LogP contribution in [-0.4, -0.2) is 23.1 Å². The molecule has 0 aromatic carbocycles. The molecule has 2 aromatic rings. The van der Waals surface area contributed by atoms with Gasteiger partial charge >= 0.3 is 0 Å². The lowest BCUT2D eigenvalue weighted by atomic mass is 10.2. The third-order valence-electron chi connectivity index (χ3n) is 2.64. The third kappa shape index (κ3) is 2.37. The van der Waals surface area contributed by atoms with Gasteiger partial charge in [0.25, 0.3) is 0 Å². The van der Waals surface area contributed by atoms with Crippen molar-refractivity contribution in [1.82, 2.24) is 9.97 Å². The van der Waals surface area contributed by atoms with E-state index in [2.05, 4.69) is 27.9 Å². The molecule has 2 heterocycles. The summed E-state index contributed by atoms with van der Waals surface area (Å²) >= 11 is 1.61. The zero-order valence-electron chi connectivity index (χ0n) is 9.92. The molecule has 2 rings (SSSR count). The molecule has 0 saturated heterocycles. The van der Waals surface area contributed by atoms with Gasteiger partial charge in [-0.15, -0.1) is 11.3 Å². The Morgan fingerprint density at radius 1 is 1.53 bits per heavy atom. The fraction of sp³-hybridized carbons (Fsp3) is 0.417. The maximum absolute atomic E-state index is 8.89. The molecule has 1 unspecified atom stereocenters. The number of nitrogens with zero attached hydrogens (tertiary/aromatic N) is 4. The zero-order valence-corrected chi connectivity index (χ0v) is 10.7. The predicted molar refractivity (Wildman–Crippen MR) is 70.1 cm³/mol. The summed E-state index contributed by atoms with van der Waals surface area (Å²) < 4.78 is 0. The molecule has 0 spiro atoms. The smallest absolute Gasteiger partial charge is 0.140 e. The molecule has 0 aliphatic carbocycles. The molecule has 0 N–H and O–H groups in total. The van der Waals surface area contributed by atoms with Crippen molar-refractivity contribution < 1.29 is 0 Å². The van der Waals surface area contributed by atoms with Crippen molar-refractivity contribution in [3.05, 3.63) is 17.8 Å². The summed E-state index contributed by atoms with van der Waals surface area (Å²) in [7, 11) is 0. The summed E-state index contributed by atoms with van der Waals surface area (Å²) in [5.74, 6) is 0.930. The monoisotopic (exact) mass is 246 g/mol. The molecule has 17 heavy (non-hydrogen) atoms. The second-order valence-corrected chi connectivity index (χ2v) is 4.80. The van der Waals surface area contributed by atoms with Crippen molar-refractivity contribution in [2.75, 3.05) is 18.0 Å². The average Bonchev–Trinajstić information content (AvgIpc) is 2.83. The fourth-order valence-corrected chi connectivity index (χ4v) is 2.49. The predicted octanol–water partition coefficient (Wildman–Crippen LogP) is 2.68. The van der Waals surface area contributed by atoms with Crippen molar-refractivity contribution in [2.24, 2.45) is 5.92 Å². The van der Waals surface area contributed by atoms with Crippen LogP contribution in [0.4, 0.5) is 5.82 Å². The van der Waals surface area contributed by atoms with Crippen LogP contribution in [0.25, 0.3) is 10.2 Å². The van der Waals surface area contributed by atoms with Gasteiger partial charge in [-0.25, -0.2) is 9.97 Å². The first-order valence-electron chi connectivity index (χ1n) is 5.59. The zero-order chi connectivity index (χ0) is 12.3. The molecular weight excluding hydrogens is 232 g/mol. The Balaban J connectivity index is 2.36. The van der Waals surface area contributed by atoms with E-state index >= 15 is 0 Å². The van der Waals surface area contributed by atoms with Crippen LogP contribution in [0.2, 0.25) is 0 Å². The molecule has 0 radical (unpaired) electrons. The lowest BCUT2D eigenvalue weighted by molar-refractivity contribution is 0.681. The molecule has 0 aliphatic rings. The molecule has 5 heteroatoms. The molecule has 88 valence electrons. The van der Waals surface area contributed by atoms with Gasteiger partial charge in [0.2, 0.25) is 0 Å². The van der Waals surface area contributed by atoms with Gasteiger partial charge in [-0.3, -0.25) is 0 Å². The Hall–Kier alpha value is -1.67. The number of hydrogen-bond donors (Lipinski definition) is 0. The lowest BCUT2D eigenvalue weighted by Crippen LogP contribution is -2.28. The minimum absolute atomic E-state index is 0.00130. The van der Waals surface area contributed by atoms with Crippen LogP contribution in [0.15, 0.2) is 17.8 Å². The molecule has 0 bridgehead atoms. The van der Waals surface area contributed by atoms with Gasteiger partial charge in [0.1, 0.15) is 17.0 Å². The van der Waals surface area contributed by atoms with E-state index in [9.17, 15) is 0 Å². The van der Waals surface area contributed by atoms with E-state index in [1.54, 1.807) is 17.7 Å². The van der Waals surface area contributed by atoms with E-state index in [0.717, 1.165) is 22.6 Å². The van der Waals surface area contributed by atoms with E-state index in [0.29, 0.717) is 6.54 Å². The Kier molecular flexibility index (Phi) is 3.55. The number of thiophene rings is 1. The number of anilines is 1. The van der Waals surface area contributed by atoms with E-state index in [-0.39, 0.29) is 5.92 Å². The van der Waals surface area contributed by atoms with Crippen LogP contribution in [-0.2, 0) is 0 Å². The van der Waals surface area contributed by atoms with Gasteiger partial charge in [0, 0.05) is 13.1 Å². The molecular formula is C12H14N4S. The van der Waals surface area contributed by atoms with Crippen molar-refractivity contribution in [3.8, 4) is 6.07 Å². The van der Waals surface area contributed by atoms with Crippen LogP contribution in [0.1, 0.15) is 13.8 Å². The maximum atomic E-state index is 8.89. The standard InChI is InChI=1S/C12H14N4S/c1-3-16(7-9(2)6-13)11-10-4-5-17-12(10)15-8-14-11/h4-5,8-9H,3,7H2,1-2H3. The van der Waals surface area contributed by atoms with Crippen molar-refractivity contribution in [1.29, 1.82) is 5.26 Å². The highest BCUT2D eigenvalue weighted by Gasteiger charge is 2.14. The summed E-state index contributed by atoms with van der Waals surface area (Å²) in [5.41, 5.74) is 0. The number of hydrogen-bond acceptors (Lipinski definition) is 5. The van der Waals surface area contributed by atoms with E-state index < -0.39 is 0 Å². The van der Waals surface area contributed by atoms with Gasteiger partial charge in [-0.2, -0.15) is 5.26 Å². The van der Waals surface area contributed by atoms with Crippen LogP contribution < -0.4 is 4.90 Å². The van der Waals surface area contributed by atoms with Crippen LogP contribution in [0.3, 0.4) is 0 Å². The first-order valence-corrected chi connectivity index (χ1v) is 6.47. The molecule has 2 aromatic heterocycles. The van der Waals surface area contributed by atoms with Crippen molar-refractivity contribution >= 4 is 27.4 Å². The van der Waals surface area contributed by atoms with Gasteiger partial charge in [0.15, 0.2) is 0 Å². The van der Waals surface area contributed by atoms with Crippen LogP contribution in [0.5, 0.6) is 0 Å². The highest BCUT2D eigenvalue weighted by atomic mass is 32.1. The Bertz CT molecular complexity index is 543. The minimum atomic E-state index is -0.00130. The number of rotatable bonds is 4. The van der Waals surface area contributed by atoms with Gasteiger partial charge in [0.05, 0.1) is 17.4 Å². The fourth-order valence-electron chi connectivity index (χ4n) is 1.77. The molecule has 0 saturated carbocycles. The molecule has 0 aliphatic heterocycles. The van der Waals surface area contributed by atoms with Crippen LogP contribution >= 0.6 is 11.3 Å². The normalized spacial score (nSPS) is 12.3. The molecule has 1 atom stereocenters. The quantitative estimate of drug-likeness (QED) is 0.832. The molecule has 0 fully saturated rings. The summed E-state index contributed by atoms with van der Waals surface area (Å²) in [6, 6.07) is 4.30. The molecule has 4 nitrogen and oxygen atoms in total. The second kappa shape index (κ2) is 5.11. The average molecular weight is 246 g/mol. The first kappa shape index (κ1) is 11.8. The van der Waals surface area contributed by atoms with Crippen LogP contribution in [0, 0.1) is 17.2 Å². The number of fused-ring (bicyclic) bond motifs is 1. The van der Waals surface area contributed by atoms with E-state index in [1.165, 1.54) is 0 Å². The topological polar surface area (TPSA) is 52.8 Å². The lowest BCUT2D eigenvalue weighted by Gasteiger charge is -2.23. The largest absolute Gasteiger partial charge is 0.355 e. The Morgan fingerprint density at radius 2 is 2.35 bits per heavy atom. The molecule has 0 amide bonds. The highest BCUT2D eigenvalue weighted by Crippen LogP contribution is 2.26. The second-order valence-electron chi connectivity index (χ2n) is 3.91. The number of nitriles is 1. The van der Waals surface area contributed by atoms with Gasteiger partial charge < -0.3 is 4.90 Å². The Morgan fingerprint density at radius 3 is 3.06 bits per heavy atom. The Labute approximate surface area is 105 Å². The van der Waals surface area contributed by atoms with E-state index in [4.69, 9.17) is 5.26 Å². The maximum Gasteiger partial charge on any atom is 0.140 e.